The van der Waals surface area contributed by atoms with Crippen molar-refractivity contribution in [3.63, 3.8) is 0 Å². The first-order valence-electron chi connectivity index (χ1n) is 3.53. The van der Waals surface area contributed by atoms with Crippen molar-refractivity contribution in [2.45, 2.75) is 13.3 Å². The Kier molecular flexibility index (Phi) is 2.92. The number of aryl methyl sites for hydroxylation is 1. The monoisotopic (exact) mass is 169 g/mol. The molecule has 1 radical (unpaired) electrons. The minimum atomic E-state index is 0.718. The van der Waals surface area contributed by atoms with E-state index in [9.17, 15) is 0 Å². The van der Waals surface area contributed by atoms with Gasteiger partial charge in [-0.15, -0.1) is 0 Å². The maximum atomic E-state index is 8.64. The standard InChI is InChI=1S/C9H10ClO/c1-2-8-4-3-7(6-11)5-9(8)10/h3-6,11H,2H2,1H3. The molecule has 0 aliphatic heterocycles. The Morgan fingerprint density at radius 2 is 2.27 bits per heavy atom. The van der Waals surface area contributed by atoms with Crippen LogP contribution in [0.1, 0.15) is 18.1 Å². The van der Waals surface area contributed by atoms with Crippen molar-refractivity contribution in [2.75, 3.05) is 0 Å². The third kappa shape index (κ3) is 1.95. The number of aliphatic hydroxyl groups is 1. The molecule has 2 heteroatoms. The molecule has 1 aromatic rings. The Labute approximate surface area is 71.6 Å². The highest BCUT2D eigenvalue weighted by atomic mass is 35.5. The molecule has 1 aromatic carbocycles. The first-order chi connectivity index (χ1) is 5.27. The maximum Gasteiger partial charge on any atom is 0.109 e. The van der Waals surface area contributed by atoms with Crippen molar-refractivity contribution < 1.29 is 5.11 Å². The summed E-state index contributed by atoms with van der Waals surface area (Å²) < 4.78 is 0. The van der Waals surface area contributed by atoms with Crippen LogP contribution in [0, 0.1) is 6.61 Å². The third-order valence-corrected chi connectivity index (χ3v) is 1.96. The van der Waals surface area contributed by atoms with Crippen LogP contribution >= 0.6 is 11.6 Å². The summed E-state index contributed by atoms with van der Waals surface area (Å²) in [5.41, 5.74) is 1.85. The van der Waals surface area contributed by atoms with Crippen molar-refractivity contribution in [1.29, 1.82) is 0 Å². The van der Waals surface area contributed by atoms with Gasteiger partial charge >= 0.3 is 0 Å². The maximum absolute atomic E-state index is 8.64. The van der Waals surface area contributed by atoms with Gasteiger partial charge in [0.05, 0.1) is 0 Å². The SMILES string of the molecule is CCc1ccc([CH]O)cc1Cl. The van der Waals surface area contributed by atoms with Gasteiger partial charge < -0.3 is 5.11 Å². The van der Waals surface area contributed by atoms with Gasteiger partial charge in [0.25, 0.3) is 0 Å². The Bertz CT molecular complexity index is 245. The van der Waals surface area contributed by atoms with Gasteiger partial charge in [-0.2, -0.15) is 0 Å². The van der Waals surface area contributed by atoms with Crippen molar-refractivity contribution in [1.82, 2.24) is 0 Å². The summed E-state index contributed by atoms with van der Waals surface area (Å²) in [4.78, 5) is 0. The minimum absolute atomic E-state index is 0.718. The van der Waals surface area contributed by atoms with E-state index in [1.54, 1.807) is 6.07 Å². The second-order valence-corrected chi connectivity index (χ2v) is 2.74. The lowest BCUT2D eigenvalue weighted by Crippen LogP contribution is -1.85. The molecule has 0 bridgehead atoms. The topological polar surface area (TPSA) is 20.2 Å². The van der Waals surface area contributed by atoms with E-state index in [1.807, 2.05) is 19.1 Å². The summed E-state index contributed by atoms with van der Waals surface area (Å²) in [5, 5.41) is 9.36. The molecule has 1 nitrogen and oxygen atoms in total. The Hall–Kier alpha value is -0.530. The molecule has 0 aliphatic carbocycles. The molecule has 0 unspecified atom stereocenters. The summed E-state index contributed by atoms with van der Waals surface area (Å²) in [6.45, 7) is 3.09. The highest BCUT2D eigenvalue weighted by molar-refractivity contribution is 6.31. The normalized spacial score (nSPS) is 10.1. The van der Waals surface area contributed by atoms with Crippen molar-refractivity contribution in [2.24, 2.45) is 0 Å². The van der Waals surface area contributed by atoms with Crippen LogP contribution in [0.25, 0.3) is 0 Å². The molecule has 0 heterocycles. The quantitative estimate of drug-likeness (QED) is 0.722. The van der Waals surface area contributed by atoms with Crippen LogP contribution in [0.2, 0.25) is 5.02 Å². The van der Waals surface area contributed by atoms with Crippen LogP contribution in [0.5, 0.6) is 0 Å². The van der Waals surface area contributed by atoms with Gasteiger partial charge in [0.15, 0.2) is 0 Å². The van der Waals surface area contributed by atoms with E-state index < -0.39 is 0 Å². The number of hydrogen-bond donors (Lipinski definition) is 1. The molecule has 0 spiro atoms. The Balaban J connectivity index is 2.99. The highest BCUT2D eigenvalue weighted by Crippen LogP contribution is 2.18. The zero-order chi connectivity index (χ0) is 8.27. The van der Waals surface area contributed by atoms with E-state index >= 15 is 0 Å². The average Bonchev–Trinajstić information content (AvgIpc) is 2.04. The predicted molar refractivity (Wildman–Crippen MR) is 46.2 cm³/mol. The zero-order valence-electron chi connectivity index (χ0n) is 6.34. The van der Waals surface area contributed by atoms with Gasteiger partial charge in [0.2, 0.25) is 0 Å². The molecule has 0 fully saturated rings. The molecule has 59 valence electrons. The summed E-state index contributed by atoms with van der Waals surface area (Å²) in [6, 6.07) is 5.51. The molecule has 0 saturated heterocycles. The summed E-state index contributed by atoms with van der Waals surface area (Å²) in [6.07, 6.45) is 0.921. The molecule has 0 amide bonds. The number of halogens is 1. The Morgan fingerprint density at radius 1 is 1.55 bits per heavy atom. The second kappa shape index (κ2) is 3.74. The zero-order valence-corrected chi connectivity index (χ0v) is 7.10. The van der Waals surface area contributed by atoms with Crippen molar-refractivity contribution >= 4 is 11.6 Å². The van der Waals surface area contributed by atoms with E-state index in [2.05, 4.69) is 0 Å². The van der Waals surface area contributed by atoms with Crippen LogP contribution in [-0.4, -0.2) is 5.11 Å². The molecule has 11 heavy (non-hydrogen) atoms. The smallest absolute Gasteiger partial charge is 0.109 e. The summed E-state index contributed by atoms with van der Waals surface area (Å²) >= 11 is 5.88. The lowest BCUT2D eigenvalue weighted by molar-refractivity contribution is 0.415. The molecular weight excluding hydrogens is 160 g/mol. The first-order valence-corrected chi connectivity index (χ1v) is 3.91. The van der Waals surface area contributed by atoms with E-state index in [0.717, 1.165) is 29.2 Å². The van der Waals surface area contributed by atoms with Gasteiger partial charge in [-0.05, 0) is 23.6 Å². The number of rotatable bonds is 2. The molecule has 1 rings (SSSR count). The molecule has 0 aromatic heterocycles. The van der Waals surface area contributed by atoms with Crippen LogP contribution in [0.3, 0.4) is 0 Å². The fraction of sp³-hybridized carbons (Fsp3) is 0.222. The van der Waals surface area contributed by atoms with Gasteiger partial charge in [0.1, 0.15) is 6.61 Å². The third-order valence-electron chi connectivity index (χ3n) is 1.61. The van der Waals surface area contributed by atoms with Crippen LogP contribution in [-0.2, 0) is 6.42 Å². The highest BCUT2D eigenvalue weighted by Gasteiger charge is 1.98. The van der Waals surface area contributed by atoms with Gasteiger partial charge in [-0.3, -0.25) is 0 Å². The lowest BCUT2D eigenvalue weighted by atomic mass is 10.1. The minimum Gasteiger partial charge on any atom is -0.385 e. The van der Waals surface area contributed by atoms with Crippen LogP contribution < -0.4 is 0 Å². The molecule has 0 saturated carbocycles. The lowest BCUT2D eigenvalue weighted by Gasteiger charge is -2.01. The molecule has 0 atom stereocenters. The van der Waals surface area contributed by atoms with Crippen LogP contribution in [0.15, 0.2) is 18.2 Å². The number of hydrogen-bond acceptors (Lipinski definition) is 1. The molecule has 1 N–H and O–H groups in total. The number of aliphatic hydroxyl groups excluding tert-OH is 1. The van der Waals surface area contributed by atoms with Gasteiger partial charge in [-0.1, -0.05) is 30.7 Å². The van der Waals surface area contributed by atoms with Crippen molar-refractivity contribution in [3.05, 3.63) is 41.0 Å². The fourth-order valence-electron chi connectivity index (χ4n) is 0.931. The predicted octanol–water partition coefficient (Wildman–Crippen LogP) is 2.78. The Morgan fingerprint density at radius 3 is 2.73 bits per heavy atom. The molecule has 0 aliphatic rings. The molecular formula is C9H10ClO. The van der Waals surface area contributed by atoms with E-state index in [0.29, 0.717) is 0 Å². The average molecular weight is 170 g/mol. The van der Waals surface area contributed by atoms with E-state index in [-0.39, 0.29) is 0 Å². The van der Waals surface area contributed by atoms with Gasteiger partial charge in [-0.25, -0.2) is 0 Å². The number of benzene rings is 1. The summed E-state index contributed by atoms with van der Waals surface area (Å²) in [5.74, 6) is 0. The second-order valence-electron chi connectivity index (χ2n) is 2.33. The summed E-state index contributed by atoms with van der Waals surface area (Å²) in [7, 11) is 0. The first kappa shape index (κ1) is 8.57. The van der Waals surface area contributed by atoms with E-state index in [1.165, 1.54) is 0 Å². The van der Waals surface area contributed by atoms with E-state index in [4.69, 9.17) is 16.7 Å². The van der Waals surface area contributed by atoms with Gasteiger partial charge in [0, 0.05) is 5.02 Å². The fourth-order valence-corrected chi connectivity index (χ4v) is 1.25. The van der Waals surface area contributed by atoms with Crippen LogP contribution in [0.4, 0.5) is 0 Å². The van der Waals surface area contributed by atoms with Crippen molar-refractivity contribution in [3.8, 4) is 0 Å². The largest absolute Gasteiger partial charge is 0.385 e.